The van der Waals surface area contributed by atoms with Gasteiger partial charge < -0.3 is 15.7 Å². The van der Waals surface area contributed by atoms with Crippen LogP contribution in [0, 0.1) is 5.41 Å². The maximum Gasteiger partial charge on any atom is 0.315 e. The van der Waals surface area contributed by atoms with Gasteiger partial charge in [0.1, 0.15) is 0 Å². The summed E-state index contributed by atoms with van der Waals surface area (Å²) in [4.78, 5) is 22.7. The molecule has 1 aromatic heterocycles. The van der Waals surface area contributed by atoms with E-state index in [9.17, 15) is 9.59 Å². The van der Waals surface area contributed by atoms with Gasteiger partial charge >= 0.3 is 12.0 Å². The van der Waals surface area contributed by atoms with Crippen molar-refractivity contribution in [3.8, 4) is 0 Å². The van der Waals surface area contributed by atoms with Gasteiger partial charge in [-0.2, -0.15) is 11.3 Å². The van der Waals surface area contributed by atoms with Crippen LogP contribution in [0.4, 0.5) is 4.79 Å². The van der Waals surface area contributed by atoms with Gasteiger partial charge in [0.15, 0.2) is 0 Å². The molecule has 1 saturated carbocycles. The van der Waals surface area contributed by atoms with Crippen molar-refractivity contribution in [2.24, 2.45) is 5.41 Å². The zero-order valence-electron chi connectivity index (χ0n) is 11.5. The molecule has 110 valence electrons. The number of nitrogens with one attached hydrogen (secondary N) is 2. The van der Waals surface area contributed by atoms with Crippen LogP contribution in [0.1, 0.15) is 44.2 Å². The van der Waals surface area contributed by atoms with E-state index in [1.54, 1.807) is 11.3 Å². The van der Waals surface area contributed by atoms with Crippen LogP contribution in [-0.4, -0.2) is 23.7 Å². The van der Waals surface area contributed by atoms with E-state index in [2.05, 4.69) is 10.6 Å². The number of carboxylic acid groups (broad SMARTS) is 1. The number of thiophene rings is 1. The average molecular weight is 296 g/mol. The van der Waals surface area contributed by atoms with Gasteiger partial charge in [-0.15, -0.1) is 0 Å². The smallest absolute Gasteiger partial charge is 0.315 e. The van der Waals surface area contributed by atoms with Gasteiger partial charge in [-0.05, 0) is 47.6 Å². The highest BCUT2D eigenvalue weighted by molar-refractivity contribution is 7.07. The standard InChI is InChI=1S/C14H20N2O3S/c1-10(11-3-6-20-8-11)16-13(19)15-9-14(4-2-5-14)7-12(17)18/h3,6,8,10H,2,4-5,7,9H2,1H3,(H,17,18)(H2,15,16,19). The molecule has 0 aliphatic heterocycles. The first-order valence-corrected chi connectivity index (χ1v) is 7.73. The van der Waals surface area contributed by atoms with E-state index < -0.39 is 5.97 Å². The molecule has 1 fully saturated rings. The van der Waals surface area contributed by atoms with Crippen LogP contribution in [-0.2, 0) is 4.79 Å². The summed E-state index contributed by atoms with van der Waals surface area (Å²) in [6.07, 6.45) is 2.93. The maximum absolute atomic E-state index is 11.9. The molecule has 1 heterocycles. The molecule has 1 aliphatic carbocycles. The van der Waals surface area contributed by atoms with Crippen molar-refractivity contribution in [1.29, 1.82) is 0 Å². The number of carbonyl (C=O) groups is 2. The van der Waals surface area contributed by atoms with Crippen molar-refractivity contribution >= 4 is 23.3 Å². The molecule has 5 nitrogen and oxygen atoms in total. The Balaban J connectivity index is 1.78. The zero-order valence-corrected chi connectivity index (χ0v) is 12.3. The Bertz CT molecular complexity index is 469. The van der Waals surface area contributed by atoms with Crippen molar-refractivity contribution in [2.45, 2.75) is 38.6 Å². The van der Waals surface area contributed by atoms with Crippen LogP contribution in [0.15, 0.2) is 16.8 Å². The first kappa shape index (κ1) is 14.8. The Hall–Kier alpha value is -1.56. The number of amides is 2. The fourth-order valence-corrected chi connectivity index (χ4v) is 3.29. The first-order valence-electron chi connectivity index (χ1n) is 6.79. The molecule has 2 rings (SSSR count). The van der Waals surface area contributed by atoms with Crippen molar-refractivity contribution in [3.05, 3.63) is 22.4 Å². The number of aliphatic carboxylic acids is 1. The fourth-order valence-electron chi connectivity index (χ4n) is 2.53. The molecule has 2 amide bonds. The number of rotatable bonds is 6. The molecule has 0 saturated heterocycles. The van der Waals surface area contributed by atoms with E-state index in [1.807, 2.05) is 23.8 Å². The molecule has 0 bridgehead atoms. The van der Waals surface area contributed by atoms with Crippen molar-refractivity contribution < 1.29 is 14.7 Å². The number of hydrogen-bond donors (Lipinski definition) is 3. The predicted octanol–water partition coefficient (Wildman–Crippen LogP) is 2.75. The van der Waals surface area contributed by atoms with Crippen LogP contribution < -0.4 is 10.6 Å². The summed E-state index contributed by atoms with van der Waals surface area (Å²) in [7, 11) is 0. The lowest BCUT2D eigenvalue weighted by atomic mass is 9.66. The highest BCUT2D eigenvalue weighted by Crippen LogP contribution is 2.43. The Kier molecular flexibility index (Phi) is 4.65. The van der Waals surface area contributed by atoms with E-state index >= 15 is 0 Å². The molecule has 1 aromatic rings. The van der Waals surface area contributed by atoms with Crippen molar-refractivity contribution in [1.82, 2.24) is 10.6 Å². The number of urea groups is 1. The lowest BCUT2D eigenvalue weighted by Gasteiger charge is -2.40. The Labute approximate surface area is 122 Å². The molecular formula is C14H20N2O3S. The van der Waals surface area contributed by atoms with Gasteiger partial charge in [-0.25, -0.2) is 4.79 Å². The minimum Gasteiger partial charge on any atom is -0.481 e. The zero-order chi connectivity index (χ0) is 14.6. The highest BCUT2D eigenvalue weighted by Gasteiger charge is 2.39. The summed E-state index contributed by atoms with van der Waals surface area (Å²) < 4.78 is 0. The topological polar surface area (TPSA) is 78.4 Å². The van der Waals surface area contributed by atoms with E-state index in [-0.39, 0.29) is 23.9 Å². The van der Waals surface area contributed by atoms with Gasteiger partial charge in [-0.3, -0.25) is 4.79 Å². The highest BCUT2D eigenvalue weighted by atomic mass is 32.1. The molecule has 6 heteroatoms. The predicted molar refractivity (Wildman–Crippen MR) is 77.8 cm³/mol. The SMILES string of the molecule is CC(NC(=O)NCC1(CC(=O)O)CCC1)c1ccsc1. The Morgan fingerprint density at radius 2 is 2.25 bits per heavy atom. The molecule has 0 radical (unpaired) electrons. The molecule has 0 spiro atoms. The van der Waals surface area contributed by atoms with E-state index in [0.29, 0.717) is 6.54 Å². The van der Waals surface area contributed by atoms with Gasteiger partial charge in [0.2, 0.25) is 0 Å². The van der Waals surface area contributed by atoms with Gasteiger partial charge in [-0.1, -0.05) is 6.42 Å². The van der Waals surface area contributed by atoms with E-state index in [0.717, 1.165) is 24.8 Å². The Morgan fingerprint density at radius 3 is 2.75 bits per heavy atom. The van der Waals surface area contributed by atoms with E-state index in [4.69, 9.17) is 5.11 Å². The van der Waals surface area contributed by atoms with Gasteiger partial charge in [0.25, 0.3) is 0 Å². The second kappa shape index (κ2) is 6.26. The second-order valence-electron chi connectivity index (χ2n) is 5.53. The number of carbonyl (C=O) groups excluding carboxylic acids is 1. The molecule has 1 unspecified atom stereocenters. The molecule has 1 aliphatic rings. The van der Waals surface area contributed by atoms with Crippen LogP contribution in [0.5, 0.6) is 0 Å². The lowest BCUT2D eigenvalue weighted by Crippen LogP contribution is -2.47. The summed E-state index contributed by atoms with van der Waals surface area (Å²) in [5, 5.41) is 18.6. The van der Waals surface area contributed by atoms with Crippen molar-refractivity contribution in [3.63, 3.8) is 0 Å². The van der Waals surface area contributed by atoms with Crippen LogP contribution in [0.2, 0.25) is 0 Å². The number of carboxylic acids is 1. The average Bonchev–Trinajstić information content (AvgIpc) is 2.85. The quantitative estimate of drug-likeness (QED) is 0.755. The maximum atomic E-state index is 11.9. The first-order chi connectivity index (χ1) is 9.51. The summed E-state index contributed by atoms with van der Waals surface area (Å²) in [6.45, 7) is 2.36. The van der Waals surface area contributed by atoms with E-state index in [1.165, 1.54) is 0 Å². The third-order valence-electron chi connectivity index (χ3n) is 3.96. The number of hydrogen-bond acceptors (Lipinski definition) is 3. The summed E-state index contributed by atoms with van der Waals surface area (Å²) >= 11 is 1.60. The summed E-state index contributed by atoms with van der Waals surface area (Å²) in [5.74, 6) is -0.793. The molecular weight excluding hydrogens is 276 g/mol. The monoisotopic (exact) mass is 296 g/mol. The Morgan fingerprint density at radius 1 is 1.50 bits per heavy atom. The molecule has 20 heavy (non-hydrogen) atoms. The summed E-state index contributed by atoms with van der Waals surface area (Å²) in [5.41, 5.74) is 0.837. The normalized spacial score (nSPS) is 17.9. The second-order valence-corrected chi connectivity index (χ2v) is 6.31. The third kappa shape index (κ3) is 3.72. The largest absolute Gasteiger partial charge is 0.481 e. The summed E-state index contributed by atoms with van der Waals surface area (Å²) in [6, 6.07) is 1.70. The fraction of sp³-hybridized carbons (Fsp3) is 0.571. The van der Waals surface area contributed by atoms with Gasteiger partial charge in [0.05, 0.1) is 12.5 Å². The minimum atomic E-state index is -0.793. The minimum absolute atomic E-state index is 0.0435. The van der Waals surface area contributed by atoms with Gasteiger partial charge in [0, 0.05) is 6.54 Å². The van der Waals surface area contributed by atoms with Crippen LogP contribution >= 0.6 is 11.3 Å². The van der Waals surface area contributed by atoms with Crippen molar-refractivity contribution in [2.75, 3.05) is 6.54 Å². The lowest BCUT2D eigenvalue weighted by molar-refractivity contribution is -0.141. The third-order valence-corrected chi connectivity index (χ3v) is 4.66. The molecule has 0 aromatic carbocycles. The molecule has 1 atom stereocenters. The molecule has 3 N–H and O–H groups in total. The van der Waals surface area contributed by atoms with Crippen LogP contribution in [0.3, 0.4) is 0 Å². The van der Waals surface area contributed by atoms with Crippen LogP contribution in [0.25, 0.3) is 0 Å².